The molecule has 3 aromatic rings. The van der Waals surface area contributed by atoms with Gasteiger partial charge in [-0.15, -0.1) is 0 Å². The summed E-state index contributed by atoms with van der Waals surface area (Å²) in [6.45, 7) is 3.58. The molecule has 0 saturated heterocycles. The third-order valence-corrected chi connectivity index (χ3v) is 3.68. The molecule has 0 atom stereocenters. The Morgan fingerprint density at radius 1 is 1.21 bits per heavy atom. The SMILES string of the molecule is CC(C)(NC(=O)c1cccc(-c2cccc(Cl)c2)n1)c1ncon1. The third kappa shape index (κ3) is 3.44. The van der Waals surface area contributed by atoms with E-state index in [1.807, 2.05) is 18.2 Å². The number of rotatable bonds is 4. The second kappa shape index (κ2) is 6.41. The first-order valence-corrected chi connectivity index (χ1v) is 7.66. The van der Waals surface area contributed by atoms with E-state index in [4.69, 9.17) is 16.1 Å². The van der Waals surface area contributed by atoms with Crippen molar-refractivity contribution in [2.45, 2.75) is 19.4 Å². The van der Waals surface area contributed by atoms with Crippen LogP contribution < -0.4 is 5.32 Å². The van der Waals surface area contributed by atoms with Crippen LogP contribution in [0.1, 0.15) is 30.2 Å². The molecule has 6 nitrogen and oxygen atoms in total. The fourth-order valence-corrected chi connectivity index (χ4v) is 2.41. The molecule has 24 heavy (non-hydrogen) atoms. The molecule has 0 saturated carbocycles. The highest BCUT2D eigenvalue weighted by molar-refractivity contribution is 6.30. The van der Waals surface area contributed by atoms with Crippen LogP contribution in [0.2, 0.25) is 5.02 Å². The van der Waals surface area contributed by atoms with Crippen LogP contribution in [0.5, 0.6) is 0 Å². The zero-order valence-electron chi connectivity index (χ0n) is 13.2. The highest BCUT2D eigenvalue weighted by atomic mass is 35.5. The number of carbonyl (C=O) groups excluding carboxylic acids is 1. The average molecular weight is 343 g/mol. The molecule has 0 spiro atoms. The lowest BCUT2D eigenvalue weighted by Crippen LogP contribution is -2.42. The minimum absolute atomic E-state index is 0.295. The smallest absolute Gasteiger partial charge is 0.270 e. The molecule has 0 bridgehead atoms. The molecule has 0 aliphatic rings. The molecule has 0 aliphatic heterocycles. The van der Waals surface area contributed by atoms with Crippen molar-refractivity contribution in [1.29, 1.82) is 0 Å². The van der Waals surface area contributed by atoms with Gasteiger partial charge in [-0.3, -0.25) is 4.79 Å². The number of nitrogens with zero attached hydrogens (tertiary/aromatic N) is 3. The quantitative estimate of drug-likeness (QED) is 0.785. The predicted octanol–water partition coefficient (Wildman–Crippen LogP) is 3.45. The highest BCUT2D eigenvalue weighted by Crippen LogP contribution is 2.21. The van der Waals surface area contributed by atoms with E-state index >= 15 is 0 Å². The lowest BCUT2D eigenvalue weighted by Gasteiger charge is -2.22. The molecular weight excluding hydrogens is 328 g/mol. The number of halogens is 1. The molecule has 2 heterocycles. The van der Waals surface area contributed by atoms with Gasteiger partial charge in [-0.2, -0.15) is 4.98 Å². The van der Waals surface area contributed by atoms with E-state index < -0.39 is 5.54 Å². The van der Waals surface area contributed by atoms with Crippen LogP contribution in [0.25, 0.3) is 11.3 Å². The number of hydrogen-bond donors (Lipinski definition) is 1. The molecule has 3 rings (SSSR count). The number of nitrogens with one attached hydrogen (secondary N) is 1. The third-order valence-electron chi connectivity index (χ3n) is 3.45. The van der Waals surface area contributed by atoms with Gasteiger partial charge in [-0.1, -0.05) is 35.0 Å². The molecule has 1 N–H and O–H groups in total. The second-order valence-electron chi connectivity index (χ2n) is 5.75. The van der Waals surface area contributed by atoms with E-state index in [2.05, 4.69) is 20.4 Å². The van der Waals surface area contributed by atoms with E-state index in [9.17, 15) is 4.79 Å². The fraction of sp³-hybridized carbons (Fsp3) is 0.176. The first kappa shape index (κ1) is 16.1. The van der Waals surface area contributed by atoms with Gasteiger partial charge in [0, 0.05) is 10.6 Å². The summed E-state index contributed by atoms with van der Waals surface area (Å²) in [5.74, 6) is 0.0653. The van der Waals surface area contributed by atoms with E-state index in [0.717, 1.165) is 5.56 Å². The number of carbonyl (C=O) groups is 1. The maximum Gasteiger partial charge on any atom is 0.270 e. The number of aromatic nitrogens is 3. The van der Waals surface area contributed by atoms with E-state index in [-0.39, 0.29) is 5.91 Å². The first-order chi connectivity index (χ1) is 11.5. The number of benzene rings is 1. The van der Waals surface area contributed by atoms with Crippen LogP contribution in [0.15, 0.2) is 53.4 Å². The molecule has 0 unspecified atom stereocenters. The topological polar surface area (TPSA) is 80.9 Å². The second-order valence-corrected chi connectivity index (χ2v) is 6.19. The Kier molecular flexibility index (Phi) is 4.31. The van der Waals surface area contributed by atoms with Gasteiger partial charge in [0.2, 0.25) is 6.39 Å². The van der Waals surface area contributed by atoms with Gasteiger partial charge in [0.25, 0.3) is 5.91 Å². The first-order valence-electron chi connectivity index (χ1n) is 7.28. The van der Waals surface area contributed by atoms with Gasteiger partial charge < -0.3 is 9.84 Å². The van der Waals surface area contributed by atoms with Crippen molar-refractivity contribution in [3.63, 3.8) is 0 Å². The minimum atomic E-state index is -0.780. The lowest BCUT2D eigenvalue weighted by atomic mass is 10.0. The van der Waals surface area contributed by atoms with Crippen molar-refractivity contribution in [3.05, 3.63) is 65.4 Å². The van der Waals surface area contributed by atoms with Crippen LogP contribution in [0.4, 0.5) is 0 Å². The van der Waals surface area contributed by atoms with Gasteiger partial charge in [0.1, 0.15) is 5.69 Å². The van der Waals surface area contributed by atoms with Gasteiger partial charge in [0.15, 0.2) is 5.82 Å². The van der Waals surface area contributed by atoms with Crippen molar-refractivity contribution in [3.8, 4) is 11.3 Å². The predicted molar refractivity (Wildman–Crippen MR) is 89.5 cm³/mol. The molecule has 1 amide bonds. The maximum absolute atomic E-state index is 12.5. The van der Waals surface area contributed by atoms with E-state index in [1.165, 1.54) is 6.39 Å². The monoisotopic (exact) mass is 342 g/mol. The zero-order chi connectivity index (χ0) is 17.2. The Labute approximate surface area is 143 Å². The molecule has 0 fully saturated rings. The molecule has 7 heteroatoms. The molecule has 1 aromatic carbocycles. The molecule has 2 aromatic heterocycles. The van der Waals surface area contributed by atoms with Crippen molar-refractivity contribution in [2.24, 2.45) is 0 Å². The van der Waals surface area contributed by atoms with Gasteiger partial charge in [-0.05, 0) is 38.1 Å². The molecule has 0 aliphatic carbocycles. The maximum atomic E-state index is 12.5. The van der Waals surface area contributed by atoms with Crippen LogP contribution in [0, 0.1) is 0 Å². The Hall–Kier alpha value is -2.73. The van der Waals surface area contributed by atoms with Crippen molar-refractivity contribution >= 4 is 17.5 Å². The summed E-state index contributed by atoms with van der Waals surface area (Å²) >= 11 is 6.01. The number of amides is 1. The summed E-state index contributed by atoms with van der Waals surface area (Å²) in [5, 5.41) is 7.24. The van der Waals surface area contributed by atoms with Gasteiger partial charge >= 0.3 is 0 Å². The summed E-state index contributed by atoms with van der Waals surface area (Å²) in [5.41, 5.74) is 1.03. The fourth-order valence-electron chi connectivity index (χ4n) is 2.22. The highest BCUT2D eigenvalue weighted by Gasteiger charge is 2.28. The largest absolute Gasteiger partial charge is 0.343 e. The summed E-state index contributed by atoms with van der Waals surface area (Å²) in [4.78, 5) is 20.9. The Morgan fingerprint density at radius 3 is 2.71 bits per heavy atom. The number of pyridine rings is 1. The lowest BCUT2D eigenvalue weighted by molar-refractivity contribution is 0.0902. The average Bonchev–Trinajstić information content (AvgIpc) is 3.10. The summed E-state index contributed by atoms with van der Waals surface area (Å²) in [7, 11) is 0. The summed E-state index contributed by atoms with van der Waals surface area (Å²) in [6.07, 6.45) is 1.22. The van der Waals surface area contributed by atoms with Crippen LogP contribution in [-0.4, -0.2) is 21.0 Å². The van der Waals surface area contributed by atoms with Gasteiger partial charge in [-0.25, -0.2) is 4.98 Å². The van der Waals surface area contributed by atoms with Crippen LogP contribution in [-0.2, 0) is 5.54 Å². The summed E-state index contributed by atoms with van der Waals surface area (Å²) in [6, 6.07) is 12.6. The Morgan fingerprint density at radius 2 is 2.00 bits per heavy atom. The summed E-state index contributed by atoms with van der Waals surface area (Å²) < 4.78 is 4.74. The van der Waals surface area contributed by atoms with Crippen LogP contribution in [0.3, 0.4) is 0 Å². The van der Waals surface area contributed by atoms with Crippen molar-refractivity contribution in [1.82, 2.24) is 20.4 Å². The minimum Gasteiger partial charge on any atom is -0.343 e. The zero-order valence-corrected chi connectivity index (χ0v) is 13.9. The molecular formula is C17H15ClN4O2. The van der Waals surface area contributed by atoms with Crippen molar-refractivity contribution in [2.75, 3.05) is 0 Å². The van der Waals surface area contributed by atoms with E-state index in [1.54, 1.807) is 38.1 Å². The number of hydrogen-bond acceptors (Lipinski definition) is 5. The van der Waals surface area contributed by atoms with Crippen LogP contribution >= 0.6 is 11.6 Å². The normalized spacial score (nSPS) is 11.3. The molecule has 122 valence electrons. The molecule has 0 radical (unpaired) electrons. The standard InChI is InChI=1S/C17H15ClN4O2/c1-17(2,16-19-10-24-22-16)21-15(23)14-8-4-7-13(20-14)11-5-3-6-12(18)9-11/h3-10H,1-2H3,(H,21,23). The van der Waals surface area contributed by atoms with Gasteiger partial charge in [0.05, 0.1) is 11.2 Å². The van der Waals surface area contributed by atoms with Crippen molar-refractivity contribution < 1.29 is 9.32 Å². The van der Waals surface area contributed by atoms with E-state index in [0.29, 0.717) is 22.2 Å². The Balaban J connectivity index is 1.85. The Bertz CT molecular complexity index is 863.